The van der Waals surface area contributed by atoms with E-state index in [2.05, 4.69) is 290 Å². The molecule has 0 spiro atoms. The van der Waals surface area contributed by atoms with Gasteiger partial charge < -0.3 is 19.6 Å². The summed E-state index contributed by atoms with van der Waals surface area (Å²) in [6, 6.07) is 83.2. The standard InChI is InChI=1S/C64H56N4/c1-47-15-11-23-61(43-47)67(62-24-12-16-48(2)44-62)59-39-35-57(36-40-59)65(53-19-7-5-8-20-53)55-31-27-51(28-32-55)52-29-33-56(34-30-52)66(54-21-9-6-10-22-54)58-37-41-60(42-38-58)68(63-25-13-17-49(3)45-63)64-26-14-18-50(4)46-64/h5-13,15-17,19-46H,14,18H2,1-4H3. The second-order valence-electron chi connectivity index (χ2n) is 17.8. The molecule has 9 aromatic rings. The van der Waals surface area contributed by atoms with Gasteiger partial charge >= 0.3 is 0 Å². The maximum absolute atomic E-state index is 2.38. The molecule has 4 nitrogen and oxygen atoms in total. The molecule has 0 amide bonds. The minimum atomic E-state index is 1.05. The zero-order chi connectivity index (χ0) is 46.4. The molecule has 10 rings (SSSR count). The van der Waals surface area contributed by atoms with E-state index in [1.807, 2.05) is 0 Å². The Hall–Kier alpha value is -8.34. The van der Waals surface area contributed by atoms with Crippen LogP contribution in [0.1, 0.15) is 36.5 Å². The zero-order valence-corrected chi connectivity index (χ0v) is 39.3. The first-order chi connectivity index (χ1) is 33.3. The van der Waals surface area contributed by atoms with Gasteiger partial charge in [0, 0.05) is 68.3 Å². The van der Waals surface area contributed by atoms with Crippen LogP contribution in [0.25, 0.3) is 11.1 Å². The third kappa shape index (κ3) is 9.49. The van der Waals surface area contributed by atoms with Crippen LogP contribution in [0.4, 0.5) is 62.6 Å². The van der Waals surface area contributed by atoms with Crippen LogP contribution < -0.4 is 19.6 Å². The van der Waals surface area contributed by atoms with Crippen molar-refractivity contribution in [2.24, 2.45) is 0 Å². The highest BCUT2D eigenvalue weighted by Crippen LogP contribution is 2.42. The Morgan fingerprint density at radius 2 is 0.574 bits per heavy atom. The topological polar surface area (TPSA) is 13.0 Å². The highest BCUT2D eigenvalue weighted by molar-refractivity contribution is 5.84. The Bertz CT molecular complexity index is 3140. The largest absolute Gasteiger partial charge is 0.311 e. The van der Waals surface area contributed by atoms with Crippen LogP contribution in [0.3, 0.4) is 0 Å². The number of anilines is 11. The quantitative estimate of drug-likeness (QED) is 0.114. The van der Waals surface area contributed by atoms with Crippen molar-refractivity contribution in [1.82, 2.24) is 0 Å². The van der Waals surface area contributed by atoms with Crippen molar-refractivity contribution >= 4 is 62.6 Å². The van der Waals surface area contributed by atoms with Crippen LogP contribution in [0, 0.1) is 20.8 Å². The fourth-order valence-electron chi connectivity index (χ4n) is 9.34. The van der Waals surface area contributed by atoms with Crippen molar-refractivity contribution in [1.29, 1.82) is 0 Å². The van der Waals surface area contributed by atoms with Crippen molar-refractivity contribution in [2.75, 3.05) is 19.6 Å². The molecule has 4 heteroatoms. The molecule has 0 unspecified atom stereocenters. The molecular formula is C64H56N4. The Morgan fingerprint density at radius 1 is 0.279 bits per heavy atom. The van der Waals surface area contributed by atoms with Crippen molar-refractivity contribution in [3.63, 3.8) is 0 Å². The van der Waals surface area contributed by atoms with E-state index in [0.29, 0.717) is 0 Å². The number of allylic oxidation sites excluding steroid dienone is 3. The normalized spacial score (nSPS) is 12.2. The van der Waals surface area contributed by atoms with Gasteiger partial charge in [0.25, 0.3) is 0 Å². The molecule has 332 valence electrons. The number of hydrogen-bond acceptors (Lipinski definition) is 4. The fraction of sp³-hybridized carbons (Fsp3) is 0.0938. The highest BCUT2D eigenvalue weighted by Gasteiger charge is 2.20. The van der Waals surface area contributed by atoms with Crippen LogP contribution in [0.2, 0.25) is 0 Å². The molecule has 0 aliphatic heterocycles. The van der Waals surface area contributed by atoms with Crippen LogP contribution >= 0.6 is 0 Å². The van der Waals surface area contributed by atoms with E-state index >= 15 is 0 Å². The van der Waals surface area contributed by atoms with Gasteiger partial charge in [-0.15, -0.1) is 0 Å². The maximum atomic E-state index is 2.38. The molecule has 0 N–H and O–H groups in total. The van der Waals surface area contributed by atoms with Crippen molar-refractivity contribution in [3.8, 4) is 11.1 Å². The second-order valence-corrected chi connectivity index (χ2v) is 17.8. The Morgan fingerprint density at radius 3 is 0.926 bits per heavy atom. The molecule has 0 aromatic heterocycles. The molecule has 1 aliphatic carbocycles. The van der Waals surface area contributed by atoms with Gasteiger partial charge in [0.2, 0.25) is 0 Å². The van der Waals surface area contributed by atoms with Gasteiger partial charge in [0.05, 0.1) is 0 Å². The predicted molar refractivity (Wildman–Crippen MR) is 290 cm³/mol. The lowest BCUT2D eigenvalue weighted by Crippen LogP contribution is -2.17. The second kappa shape index (κ2) is 19.6. The molecule has 0 saturated heterocycles. The van der Waals surface area contributed by atoms with E-state index in [4.69, 9.17) is 0 Å². The molecule has 1 aliphatic rings. The van der Waals surface area contributed by atoms with Crippen LogP contribution in [0.15, 0.2) is 254 Å². The summed E-state index contributed by atoms with van der Waals surface area (Å²) in [6.07, 6.45) is 6.84. The summed E-state index contributed by atoms with van der Waals surface area (Å²) in [5.74, 6) is 0. The Balaban J connectivity index is 0.935. The third-order valence-electron chi connectivity index (χ3n) is 12.7. The number of nitrogens with zero attached hydrogens (tertiary/aromatic N) is 4. The molecule has 9 aromatic carbocycles. The smallest absolute Gasteiger partial charge is 0.0464 e. The molecule has 0 atom stereocenters. The molecule has 0 fully saturated rings. The average Bonchev–Trinajstić information content (AvgIpc) is 3.37. The van der Waals surface area contributed by atoms with Crippen molar-refractivity contribution in [2.45, 2.75) is 40.5 Å². The third-order valence-corrected chi connectivity index (χ3v) is 12.7. The van der Waals surface area contributed by atoms with Gasteiger partial charge in [0.15, 0.2) is 0 Å². The van der Waals surface area contributed by atoms with E-state index < -0.39 is 0 Å². The van der Waals surface area contributed by atoms with E-state index in [1.165, 1.54) is 33.6 Å². The molecule has 0 heterocycles. The Labute approximate surface area is 402 Å². The first kappa shape index (κ1) is 43.5. The summed E-state index contributed by atoms with van der Waals surface area (Å²) < 4.78 is 0. The predicted octanol–water partition coefficient (Wildman–Crippen LogP) is 18.5. The molecular weight excluding hydrogens is 825 g/mol. The zero-order valence-electron chi connectivity index (χ0n) is 39.3. The summed E-state index contributed by atoms with van der Waals surface area (Å²) in [4.78, 5) is 9.38. The first-order valence-corrected chi connectivity index (χ1v) is 23.6. The summed E-state index contributed by atoms with van der Waals surface area (Å²) in [5, 5.41) is 0. The molecule has 68 heavy (non-hydrogen) atoms. The van der Waals surface area contributed by atoms with Crippen molar-refractivity contribution in [3.05, 3.63) is 271 Å². The molecule has 0 bridgehead atoms. The van der Waals surface area contributed by atoms with E-state index in [-0.39, 0.29) is 0 Å². The number of para-hydroxylation sites is 2. The summed E-state index contributed by atoms with van der Waals surface area (Å²) >= 11 is 0. The number of aryl methyl sites for hydroxylation is 3. The molecule has 0 saturated carbocycles. The number of benzene rings is 9. The lowest BCUT2D eigenvalue weighted by atomic mass is 10.0. The van der Waals surface area contributed by atoms with E-state index in [0.717, 1.165) is 80.8 Å². The van der Waals surface area contributed by atoms with Gasteiger partial charge in [-0.3, -0.25) is 0 Å². The van der Waals surface area contributed by atoms with Crippen LogP contribution in [-0.2, 0) is 0 Å². The summed E-state index contributed by atoms with van der Waals surface area (Å²) in [5.41, 5.74) is 20.9. The van der Waals surface area contributed by atoms with Gasteiger partial charge in [-0.1, -0.05) is 109 Å². The van der Waals surface area contributed by atoms with E-state index in [1.54, 1.807) is 0 Å². The summed E-state index contributed by atoms with van der Waals surface area (Å²) in [6.45, 7) is 8.69. The highest BCUT2D eigenvalue weighted by atomic mass is 15.2. The summed E-state index contributed by atoms with van der Waals surface area (Å²) in [7, 11) is 0. The van der Waals surface area contributed by atoms with E-state index in [9.17, 15) is 0 Å². The minimum absolute atomic E-state index is 1.05. The van der Waals surface area contributed by atoms with Gasteiger partial charge in [-0.2, -0.15) is 0 Å². The van der Waals surface area contributed by atoms with Crippen LogP contribution in [-0.4, -0.2) is 0 Å². The van der Waals surface area contributed by atoms with Gasteiger partial charge in [0.1, 0.15) is 0 Å². The first-order valence-electron chi connectivity index (χ1n) is 23.6. The lowest BCUT2D eigenvalue weighted by Gasteiger charge is -2.30. The minimum Gasteiger partial charge on any atom is -0.311 e. The van der Waals surface area contributed by atoms with Crippen molar-refractivity contribution < 1.29 is 0 Å². The monoisotopic (exact) mass is 880 g/mol. The Kier molecular flexibility index (Phi) is 12.6. The van der Waals surface area contributed by atoms with Gasteiger partial charge in [-0.25, -0.2) is 0 Å². The maximum Gasteiger partial charge on any atom is 0.0464 e. The molecule has 0 radical (unpaired) electrons. The SMILES string of the molecule is CC1=CC(N(c2ccc(N(c3ccccc3)c3ccc(-c4ccc(N(c5ccccc5)c5ccc(N(c6cccc(C)c6)c6cccc(C)c6)cc5)cc4)cc3)cc2)c2cccc(C)c2)=CCC1. The van der Waals surface area contributed by atoms with Gasteiger partial charge in [-0.05, 0) is 208 Å². The average molecular weight is 881 g/mol. The fourth-order valence-corrected chi connectivity index (χ4v) is 9.34. The lowest BCUT2D eigenvalue weighted by molar-refractivity contribution is 0.933. The number of rotatable bonds is 13. The number of hydrogen-bond donors (Lipinski definition) is 0. The van der Waals surface area contributed by atoms with Crippen LogP contribution in [0.5, 0.6) is 0 Å².